The predicted octanol–water partition coefficient (Wildman–Crippen LogP) is 3.70. The molecule has 2 aromatic carbocycles. The average molecular weight is 474 g/mol. The van der Waals surface area contributed by atoms with Gasteiger partial charge in [0, 0.05) is 36.7 Å². The number of aryl methyl sites for hydroxylation is 1. The highest BCUT2D eigenvalue weighted by Gasteiger charge is 2.26. The molecule has 5 rings (SSSR count). The Bertz CT molecular complexity index is 1200. The first-order valence-electron chi connectivity index (χ1n) is 12.3. The highest BCUT2D eigenvalue weighted by atomic mass is 16.5. The van der Waals surface area contributed by atoms with E-state index in [2.05, 4.69) is 20.4 Å². The van der Waals surface area contributed by atoms with Gasteiger partial charge in [-0.3, -0.25) is 14.5 Å². The fraction of sp³-hybridized carbons (Fsp3) is 0.407. The summed E-state index contributed by atoms with van der Waals surface area (Å²) in [5.74, 6) is 1.48. The van der Waals surface area contributed by atoms with Crippen LogP contribution in [0.4, 0.5) is 5.69 Å². The molecule has 2 amide bonds. The lowest BCUT2D eigenvalue weighted by atomic mass is 9.96. The fourth-order valence-electron chi connectivity index (χ4n) is 4.89. The summed E-state index contributed by atoms with van der Waals surface area (Å²) in [6.45, 7) is 5.49. The molecular weight excluding hydrogens is 442 g/mol. The number of aromatic nitrogens is 2. The van der Waals surface area contributed by atoms with Gasteiger partial charge in [0.05, 0.1) is 6.54 Å². The Hall–Kier alpha value is -3.52. The van der Waals surface area contributed by atoms with Crippen molar-refractivity contribution in [1.82, 2.24) is 20.4 Å². The molecule has 35 heavy (non-hydrogen) atoms. The molecule has 1 aromatic heterocycles. The van der Waals surface area contributed by atoms with Gasteiger partial charge in [-0.25, -0.2) is 0 Å². The van der Waals surface area contributed by atoms with Crippen molar-refractivity contribution < 1.29 is 14.1 Å². The third-order valence-electron chi connectivity index (χ3n) is 6.93. The summed E-state index contributed by atoms with van der Waals surface area (Å²) in [5.41, 5.74) is 4.02. The van der Waals surface area contributed by atoms with Crippen LogP contribution in [0.2, 0.25) is 0 Å². The van der Waals surface area contributed by atoms with E-state index in [1.807, 2.05) is 60.4 Å². The molecule has 0 saturated carbocycles. The zero-order chi connectivity index (χ0) is 24.2. The number of hydrogen-bond donors (Lipinski definition) is 1. The normalized spacial score (nSPS) is 17.2. The maximum Gasteiger partial charge on any atom is 0.241 e. The number of nitrogens with one attached hydrogen (secondary N) is 1. The first kappa shape index (κ1) is 23.2. The molecule has 2 fully saturated rings. The zero-order valence-corrected chi connectivity index (χ0v) is 20.1. The first-order chi connectivity index (χ1) is 17.1. The molecule has 0 unspecified atom stereocenters. The number of piperidine rings is 1. The van der Waals surface area contributed by atoms with Crippen LogP contribution < -0.4 is 10.2 Å². The third-order valence-corrected chi connectivity index (χ3v) is 6.93. The van der Waals surface area contributed by atoms with Crippen molar-refractivity contribution in [3.63, 3.8) is 0 Å². The summed E-state index contributed by atoms with van der Waals surface area (Å²) < 4.78 is 5.49. The number of hydrogen-bond acceptors (Lipinski definition) is 6. The lowest BCUT2D eigenvalue weighted by Gasteiger charge is -2.30. The Morgan fingerprint density at radius 3 is 2.71 bits per heavy atom. The lowest BCUT2D eigenvalue weighted by molar-refractivity contribution is -0.126. The summed E-state index contributed by atoms with van der Waals surface area (Å²) in [4.78, 5) is 33.5. The Morgan fingerprint density at radius 2 is 1.94 bits per heavy atom. The van der Waals surface area contributed by atoms with Crippen LogP contribution in [0, 0.1) is 12.8 Å². The van der Waals surface area contributed by atoms with Gasteiger partial charge in [0.25, 0.3) is 0 Å². The van der Waals surface area contributed by atoms with Crippen LogP contribution in [0.5, 0.6) is 0 Å². The van der Waals surface area contributed by atoms with Crippen LogP contribution in [0.15, 0.2) is 53.1 Å². The van der Waals surface area contributed by atoms with Crippen molar-refractivity contribution in [3.05, 3.63) is 65.5 Å². The fourth-order valence-corrected chi connectivity index (χ4v) is 4.89. The number of benzene rings is 2. The van der Waals surface area contributed by atoms with E-state index < -0.39 is 0 Å². The molecule has 8 heteroatoms. The van der Waals surface area contributed by atoms with E-state index in [0.717, 1.165) is 61.3 Å². The summed E-state index contributed by atoms with van der Waals surface area (Å²) in [6, 6.07) is 15.9. The molecule has 3 heterocycles. The minimum absolute atomic E-state index is 0.000179. The van der Waals surface area contributed by atoms with Gasteiger partial charge in [-0.05, 0) is 62.5 Å². The first-order valence-corrected chi connectivity index (χ1v) is 12.3. The van der Waals surface area contributed by atoms with E-state index in [-0.39, 0.29) is 17.7 Å². The molecule has 8 nitrogen and oxygen atoms in total. The summed E-state index contributed by atoms with van der Waals surface area (Å²) in [5, 5.41) is 7.23. The van der Waals surface area contributed by atoms with Crippen molar-refractivity contribution in [2.24, 2.45) is 5.92 Å². The number of carbonyl (C=O) groups excluding carboxylic acids is 2. The molecule has 2 aliphatic heterocycles. The van der Waals surface area contributed by atoms with Gasteiger partial charge in [-0.2, -0.15) is 4.98 Å². The Balaban J connectivity index is 1.09. The third kappa shape index (κ3) is 5.43. The standard InChI is InChI=1S/C27H31N5O3/c1-19-6-2-3-9-23(19)26-29-24(35-30-26)18-31-14-11-21(12-15-31)27(34)28-17-20-7-4-8-22(16-20)32-13-5-10-25(32)33/h2-4,6-9,16,21H,5,10-15,17-18H2,1H3,(H,28,34). The lowest BCUT2D eigenvalue weighted by Crippen LogP contribution is -2.40. The number of nitrogens with zero attached hydrogens (tertiary/aromatic N) is 4. The summed E-state index contributed by atoms with van der Waals surface area (Å²) in [7, 11) is 0. The molecule has 1 N–H and O–H groups in total. The smallest absolute Gasteiger partial charge is 0.241 e. The second kappa shape index (κ2) is 10.4. The van der Waals surface area contributed by atoms with Gasteiger partial charge >= 0.3 is 0 Å². The zero-order valence-electron chi connectivity index (χ0n) is 20.1. The number of rotatable bonds is 7. The predicted molar refractivity (Wildman–Crippen MR) is 132 cm³/mol. The number of carbonyl (C=O) groups is 2. The molecule has 0 aliphatic carbocycles. The SMILES string of the molecule is Cc1ccccc1-c1noc(CN2CCC(C(=O)NCc3cccc(N4CCCC4=O)c3)CC2)n1. The number of amides is 2. The maximum absolute atomic E-state index is 12.8. The Labute approximate surface area is 205 Å². The van der Waals surface area contributed by atoms with Crippen molar-refractivity contribution >= 4 is 17.5 Å². The van der Waals surface area contributed by atoms with Gasteiger partial charge in [0.1, 0.15) is 0 Å². The van der Waals surface area contributed by atoms with Crippen molar-refractivity contribution in [3.8, 4) is 11.4 Å². The average Bonchev–Trinajstić information content (AvgIpc) is 3.52. The number of likely N-dealkylation sites (tertiary alicyclic amines) is 1. The number of anilines is 1. The highest BCUT2D eigenvalue weighted by molar-refractivity contribution is 5.95. The van der Waals surface area contributed by atoms with E-state index in [9.17, 15) is 9.59 Å². The van der Waals surface area contributed by atoms with Gasteiger partial charge in [0.2, 0.25) is 23.5 Å². The summed E-state index contributed by atoms with van der Waals surface area (Å²) in [6.07, 6.45) is 3.11. The maximum atomic E-state index is 12.8. The van der Waals surface area contributed by atoms with Crippen molar-refractivity contribution in [2.45, 2.75) is 45.7 Å². The molecule has 182 valence electrons. The molecular formula is C27H31N5O3. The molecule has 0 atom stereocenters. The minimum atomic E-state index is -0.000179. The van der Waals surface area contributed by atoms with E-state index >= 15 is 0 Å². The second-order valence-electron chi connectivity index (χ2n) is 9.41. The van der Waals surface area contributed by atoms with Gasteiger partial charge in [0.15, 0.2) is 0 Å². The van der Waals surface area contributed by atoms with E-state index in [1.54, 1.807) is 0 Å². The minimum Gasteiger partial charge on any atom is -0.352 e. The largest absolute Gasteiger partial charge is 0.352 e. The Kier molecular flexibility index (Phi) is 6.90. The summed E-state index contributed by atoms with van der Waals surface area (Å²) >= 11 is 0. The molecule has 2 aliphatic rings. The topological polar surface area (TPSA) is 91.6 Å². The van der Waals surface area contributed by atoms with Crippen molar-refractivity contribution in [1.29, 1.82) is 0 Å². The van der Waals surface area contributed by atoms with Gasteiger partial charge in [-0.1, -0.05) is 41.6 Å². The van der Waals surface area contributed by atoms with E-state index in [4.69, 9.17) is 4.52 Å². The van der Waals surface area contributed by atoms with E-state index in [1.165, 1.54) is 0 Å². The van der Waals surface area contributed by atoms with Crippen LogP contribution in [-0.2, 0) is 22.7 Å². The van der Waals surface area contributed by atoms with Crippen LogP contribution in [0.3, 0.4) is 0 Å². The molecule has 0 spiro atoms. The van der Waals surface area contributed by atoms with Gasteiger partial charge in [-0.15, -0.1) is 0 Å². The Morgan fingerprint density at radius 1 is 1.11 bits per heavy atom. The molecule has 0 radical (unpaired) electrons. The second-order valence-corrected chi connectivity index (χ2v) is 9.41. The van der Waals surface area contributed by atoms with Crippen LogP contribution >= 0.6 is 0 Å². The molecule has 2 saturated heterocycles. The van der Waals surface area contributed by atoms with Crippen LogP contribution in [0.1, 0.15) is 42.7 Å². The van der Waals surface area contributed by atoms with Gasteiger partial charge < -0.3 is 14.7 Å². The van der Waals surface area contributed by atoms with Crippen molar-refractivity contribution in [2.75, 3.05) is 24.5 Å². The quantitative estimate of drug-likeness (QED) is 0.563. The van der Waals surface area contributed by atoms with Crippen LogP contribution in [0.25, 0.3) is 11.4 Å². The van der Waals surface area contributed by atoms with E-state index in [0.29, 0.717) is 31.2 Å². The molecule has 3 aromatic rings. The highest BCUT2D eigenvalue weighted by Crippen LogP contribution is 2.24. The monoisotopic (exact) mass is 473 g/mol. The molecule has 0 bridgehead atoms. The van der Waals surface area contributed by atoms with Crippen LogP contribution in [-0.4, -0.2) is 46.5 Å².